The van der Waals surface area contributed by atoms with E-state index in [9.17, 15) is 4.79 Å². The lowest BCUT2D eigenvalue weighted by Gasteiger charge is -2.05. The van der Waals surface area contributed by atoms with Crippen molar-refractivity contribution >= 4 is 17.2 Å². The first-order valence-electron chi connectivity index (χ1n) is 5.73. The third kappa shape index (κ3) is 3.34. The molecule has 0 spiro atoms. The van der Waals surface area contributed by atoms with Crippen LogP contribution in [0.2, 0.25) is 0 Å². The highest BCUT2D eigenvalue weighted by Gasteiger charge is 2.04. The first-order valence-corrected chi connectivity index (χ1v) is 6.67. The van der Waals surface area contributed by atoms with Crippen LogP contribution in [0.1, 0.15) is 15.9 Å². The van der Waals surface area contributed by atoms with Gasteiger partial charge in [0.05, 0.1) is 7.11 Å². The van der Waals surface area contributed by atoms with Gasteiger partial charge in [0, 0.05) is 12.1 Å². The number of carbonyl (C=O) groups is 1. The zero-order valence-corrected chi connectivity index (χ0v) is 11.0. The topological polar surface area (TPSA) is 38.3 Å². The molecule has 1 amide bonds. The van der Waals surface area contributed by atoms with Crippen LogP contribution in [0, 0.1) is 0 Å². The van der Waals surface area contributed by atoms with Gasteiger partial charge >= 0.3 is 0 Å². The molecule has 3 nitrogen and oxygen atoms in total. The van der Waals surface area contributed by atoms with Crippen molar-refractivity contribution in [1.82, 2.24) is 5.32 Å². The van der Waals surface area contributed by atoms with E-state index in [0.29, 0.717) is 12.1 Å². The van der Waals surface area contributed by atoms with Gasteiger partial charge in [-0.25, -0.2) is 0 Å². The average molecular weight is 261 g/mol. The summed E-state index contributed by atoms with van der Waals surface area (Å²) in [6, 6.07) is 9.17. The molecule has 1 aromatic heterocycles. The molecule has 0 unspecified atom stereocenters. The van der Waals surface area contributed by atoms with Gasteiger partial charge in [-0.1, -0.05) is 0 Å². The number of carbonyl (C=O) groups excluding carboxylic acids is 1. The average Bonchev–Trinajstić information content (AvgIpc) is 2.92. The summed E-state index contributed by atoms with van der Waals surface area (Å²) in [5.74, 6) is 0.706. The van der Waals surface area contributed by atoms with Gasteiger partial charge < -0.3 is 10.1 Å². The molecule has 0 aliphatic rings. The zero-order valence-electron chi connectivity index (χ0n) is 10.2. The molecule has 0 aliphatic carbocycles. The smallest absolute Gasteiger partial charge is 0.251 e. The van der Waals surface area contributed by atoms with E-state index in [1.54, 1.807) is 42.7 Å². The van der Waals surface area contributed by atoms with Crippen LogP contribution < -0.4 is 10.1 Å². The lowest BCUT2D eigenvalue weighted by Crippen LogP contribution is -2.25. The van der Waals surface area contributed by atoms with E-state index in [4.69, 9.17) is 4.74 Å². The fourth-order valence-electron chi connectivity index (χ4n) is 1.60. The molecule has 2 aromatic rings. The van der Waals surface area contributed by atoms with Crippen molar-refractivity contribution in [3.8, 4) is 5.75 Å². The summed E-state index contributed by atoms with van der Waals surface area (Å²) >= 11 is 1.67. The summed E-state index contributed by atoms with van der Waals surface area (Å²) in [5, 5.41) is 7.04. The van der Waals surface area contributed by atoms with E-state index in [1.807, 2.05) is 5.38 Å². The van der Waals surface area contributed by atoms with Gasteiger partial charge in [0.15, 0.2) is 0 Å². The van der Waals surface area contributed by atoms with Crippen LogP contribution >= 0.6 is 11.3 Å². The second-order valence-electron chi connectivity index (χ2n) is 3.87. The molecule has 0 atom stereocenters. The highest BCUT2D eigenvalue weighted by atomic mass is 32.1. The second-order valence-corrected chi connectivity index (χ2v) is 4.65. The molecule has 4 heteroatoms. The summed E-state index contributed by atoms with van der Waals surface area (Å²) in [6.45, 7) is 0.654. The van der Waals surface area contributed by atoms with Gasteiger partial charge in [-0.2, -0.15) is 11.3 Å². The molecule has 1 heterocycles. The number of hydrogen-bond acceptors (Lipinski definition) is 3. The summed E-state index contributed by atoms with van der Waals surface area (Å²) < 4.78 is 5.05. The Kier molecular flexibility index (Phi) is 4.36. The number of amides is 1. The summed E-state index contributed by atoms with van der Waals surface area (Å²) in [5.41, 5.74) is 1.91. The Morgan fingerprint density at radius 1 is 1.28 bits per heavy atom. The van der Waals surface area contributed by atoms with E-state index >= 15 is 0 Å². The second kappa shape index (κ2) is 6.21. The predicted molar refractivity (Wildman–Crippen MR) is 73.4 cm³/mol. The molecule has 2 rings (SSSR count). The molecule has 94 valence electrons. The van der Waals surface area contributed by atoms with Crippen molar-refractivity contribution in [3.05, 3.63) is 52.2 Å². The van der Waals surface area contributed by atoms with E-state index in [0.717, 1.165) is 12.2 Å². The number of benzene rings is 1. The third-order valence-electron chi connectivity index (χ3n) is 2.63. The maximum atomic E-state index is 11.8. The first-order chi connectivity index (χ1) is 8.79. The minimum absolute atomic E-state index is 0.0483. The fraction of sp³-hybridized carbons (Fsp3) is 0.214. The van der Waals surface area contributed by atoms with E-state index in [-0.39, 0.29) is 5.91 Å². The molecular weight excluding hydrogens is 246 g/mol. The molecule has 1 N–H and O–H groups in total. The third-order valence-corrected chi connectivity index (χ3v) is 3.36. The van der Waals surface area contributed by atoms with Crippen LogP contribution in [0.5, 0.6) is 5.75 Å². The molecule has 0 saturated carbocycles. The summed E-state index contributed by atoms with van der Waals surface area (Å²) in [6.07, 6.45) is 0.866. The van der Waals surface area contributed by atoms with Gasteiger partial charge in [-0.15, -0.1) is 0 Å². The molecular formula is C14H15NO2S. The Balaban J connectivity index is 1.83. The van der Waals surface area contributed by atoms with Gasteiger partial charge in [0.1, 0.15) is 5.75 Å². The van der Waals surface area contributed by atoms with Crippen molar-refractivity contribution in [2.45, 2.75) is 6.42 Å². The van der Waals surface area contributed by atoms with Crippen molar-refractivity contribution in [3.63, 3.8) is 0 Å². The first kappa shape index (κ1) is 12.6. The highest BCUT2D eigenvalue weighted by Crippen LogP contribution is 2.11. The maximum absolute atomic E-state index is 11.8. The SMILES string of the molecule is COc1ccc(C(=O)NCCc2ccsc2)cc1. The maximum Gasteiger partial charge on any atom is 0.251 e. The van der Waals surface area contributed by atoms with Crippen LogP contribution in [-0.2, 0) is 6.42 Å². The minimum Gasteiger partial charge on any atom is -0.497 e. The Labute approximate surface area is 110 Å². The van der Waals surface area contributed by atoms with Crippen molar-refractivity contribution < 1.29 is 9.53 Å². The van der Waals surface area contributed by atoms with Crippen LogP contribution in [0.15, 0.2) is 41.1 Å². The van der Waals surface area contributed by atoms with Crippen LogP contribution in [0.3, 0.4) is 0 Å². The quantitative estimate of drug-likeness (QED) is 0.898. The summed E-state index contributed by atoms with van der Waals surface area (Å²) in [4.78, 5) is 11.8. The number of ether oxygens (including phenoxy) is 1. The number of nitrogens with one attached hydrogen (secondary N) is 1. The van der Waals surface area contributed by atoms with E-state index in [2.05, 4.69) is 16.8 Å². The van der Waals surface area contributed by atoms with Crippen molar-refractivity contribution in [2.24, 2.45) is 0 Å². The standard InChI is InChI=1S/C14H15NO2S/c1-17-13-4-2-12(3-5-13)14(16)15-8-6-11-7-9-18-10-11/h2-5,7,9-10H,6,8H2,1H3,(H,15,16). The largest absolute Gasteiger partial charge is 0.497 e. The molecule has 0 fully saturated rings. The predicted octanol–water partition coefficient (Wildman–Crippen LogP) is 2.73. The van der Waals surface area contributed by atoms with Crippen LogP contribution in [0.25, 0.3) is 0 Å². The van der Waals surface area contributed by atoms with Crippen molar-refractivity contribution in [1.29, 1.82) is 0 Å². The van der Waals surface area contributed by atoms with Crippen molar-refractivity contribution in [2.75, 3.05) is 13.7 Å². The zero-order chi connectivity index (χ0) is 12.8. The monoisotopic (exact) mass is 261 g/mol. The lowest BCUT2D eigenvalue weighted by molar-refractivity contribution is 0.0954. The van der Waals surface area contributed by atoms with Gasteiger partial charge in [0.25, 0.3) is 5.91 Å². The molecule has 0 aliphatic heterocycles. The molecule has 0 bridgehead atoms. The molecule has 1 aromatic carbocycles. The molecule has 0 saturated heterocycles. The fourth-order valence-corrected chi connectivity index (χ4v) is 2.30. The number of hydrogen-bond donors (Lipinski definition) is 1. The Morgan fingerprint density at radius 2 is 2.06 bits per heavy atom. The number of thiophene rings is 1. The van der Waals surface area contributed by atoms with Crippen LogP contribution in [0.4, 0.5) is 0 Å². The molecule has 0 radical (unpaired) electrons. The molecule has 18 heavy (non-hydrogen) atoms. The highest BCUT2D eigenvalue weighted by molar-refractivity contribution is 7.07. The minimum atomic E-state index is -0.0483. The number of methoxy groups -OCH3 is 1. The van der Waals surface area contributed by atoms with Gasteiger partial charge in [-0.05, 0) is 53.1 Å². The Hall–Kier alpha value is -1.81. The lowest BCUT2D eigenvalue weighted by atomic mass is 10.2. The van der Waals surface area contributed by atoms with Crippen LogP contribution in [-0.4, -0.2) is 19.6 Å². The van der Waals surface area contributed by atoms with Gasteiger partial charge in [-0.3, -0.25) is 4.79 Å². The Morgan fingerprint density at radius 3 is 2.67 bits per heavy atom. The van der Waals surface area contributed by atoms with Gasteiger partial charge in [0.2, 0.25) is 0 Å². The summed E-state index contributed by atoms with van der Waals surface area (Å²) in [7, 11) is 1.61. The normalized spacial score (nSPS) is 10.1. The van der Waals surface area contributed by atoms with E-state index < -0.39 is 0 Å². The number of rotatable bonds is 5. The Bertz CT molecular complexity index is 491. The van der Waals surface area contributed by atoms with E-state index in [1.165, 1.54) is 5.56 Å².